The second kappa shape index (κ2) is 17.4. The molecule has 0 unspecified atom stereocenters. The SMILES string of the molecule is CC(C)c1cc(-c2ccccc2)cc(C(C)C)c1-n1c(-c2[c-]ccc3c2oc2cc(-c4ccccc4)ccc23)nc2ccccc21.Fc1ccnc(-c2[c-]cccc2)c1.[Ir]. The van der Waals surface area contributed by atoms with Crippen LogP contribution in [-0.2, 0) is 20.1 Å². The molecule has 0 aliphatic rings. The van der Waals surface area contributed by atoms with Crippen molar-refractivity contribution in [2.45, 2.75) is 39.5 Å². The third kappa shape index (κ3) is 7.85. The molecule has 0 aliphatic carbocycles. The molecular weight excluding hydrogens is 918 g/mol. The summed E-state index contributed by atoms with van der Waals surface area (Å²) in [7, 11) is 0. The maximum absolute atomic E-state index is 12.8. The van der Waals surface area contributed by atoms with Crippen LogP contribution in [0.3, 0.4) is 0 Å². The van der Waals surface area contributed by atoms with Crippen LogP contribution in [-0.4, -0.2) is 14.5 Å². The van der Waals surface area contributed by atoms with E-state index in [0.29, 0.717) is 5.69 Å². The number of furan rings is 1. The van der Waals surface area contributed by atoms with Crippen LogP contribution in [0, 0.1) is 17.9 Å². The summed E-state index contributed by atoms with van der Waals surface area (Å²) in [5.74, 6) is 1.13. The maximum Gasteiger partial charge on any atom is 0.121 e. The molecule has 1 radical (unpaired) electrons. The van der Waals surface area contributed by atoms with Crippen molar-refractivity contribution in [2.24, 2.45) is 0 Å². The minimum absolute atomic E-state index is 0. The molecule has 297 valence electrons. The summed E-state index contributed by atoms with van der Waals surface area (Å²) in [6.07, 6.45) is 1.45. The number of imidazole rings is 1. The predicted octanol–water partition coefficient (Wildman–Crippen LogP) is 14.7. The Balaban J connectivity index is 0.000000304. The van der Waals surface area contributed by atoms with Gasteiger partial charge in [-0.15, -0.1) is 54.1 Å². The normalized spacial score (nSPS) is 11.2. The monoisotopic (exact) mass is 960 g/mol. The fourth-order valence-corrected chi connectivity index (χ4v) is 7.86. The molecule has 7 aromatic carbocycles. The van der Waals surface area contributed by atoms with Gasteiger partial charge in [-0.1, -0.05) is 124 Å². The van der Waals surface area contributed by atoms with Crippen LogP contribution in [0.15, 0.2) is 174 Å². The Labute approximate surface area is 363 Å². The van der Waals surface area contributed by atoms with Crippen molar-refractivity contribution in [2.75, 3.05) is 0 Å². The van der Waals surface area contributed by atoms with Crippen LogP contribution in [0.2, 0.25) is 0 Å². The van der Waals surface area contributed by atoms with Crippen LogP contribution in [0.5, 0.6) is 0 Å². The Hall–Kier alpha value is -6.46. The molecule has 10 rings (SSSR count). The quantitative estimate of drug-likeness (QED) is 0.150. The van der Waals surface area contributed by atoms with E-state index in [9.17, 15) is 4.39 Å². The molecule has 0 bridgehead atoms. The van der Waals surface area contributed by atoms with Gasteiger partial charge in [0.05, 0.1) is 22.4 Å². The van der Waals surface area contributed by atoms with Gasteiger partial charge in [0.2, 0.25) is 0 Å². The Morgan fingerprint density at radius 3 is 1.93 bits per heavy atom. The number of aromatic nitrogens is 3. The van der Waals surface area contributed by atoms with Crippen molar-refractivity contribution < 1.29 is 28.9 Å². The fourth-order valence-electron chi connectivity index (χ4n) is 7.86. The van der Waals surface area contributed by atoms with Gasteiger partial charge in [-0.05, 0) is 93.4 Å². The number of nitrogens with zero attached hydrogens (tertiary/aromatic N) is 3. The molecule has 0 amide bonds. The zero-order chi connectivity index (χ0) is 40.5. The summed E-state index contributed by atoms with van der Waals surface area (Å²) in [4.78, 5) is 9.34. The molecule has 0 saturated carbocycles. The zero-order valence-corrected chi connectivity index (χ0v) is 36.2. The molecule has 0 atom stereocenters. The third-order valence-corrected chi connectivity index (χ3v) is 10.8. The van der Waals surface area contributed by atoms with Gasteiger partial charge in [-0.2, -0.15) is 0 Å². The van der Waals surface area contributed by atoms with E-state index in [1.165, 1.54) is 51.8 Å². The first-order valence-electron chi connectivity index (χ1n) is 20.1. The van der Waals surface area contributed by atoms with E-state index in [1.807, 2.05) is 30.3 Å². The Kier molecular flexibility index (Phi) is 11.7. The molecule has 0 aliphatic heterocycles. The van der Waals surface area contributed by atoms with Gasteiger partial charge in [0.15, 0.2) is 0 Å². The Morgan fingerprint density at radius 1 is 0.600 bits per heavy atom. The smallest absolute Gasteiger partial charge is 0.121 e. The van der Waals surface area contributed by atoms with Crippen molar-refractivity contribution in [3.8, 4) is 50.6 Å². The second-order valence-corrected chi connectivity index (χ2v) is 15.3. The van der Waals surface area contributed by atoms with E-state index in [2.05, 4.69) is 165 Å². The third-order valence-electron chi connectivity index (χ3n) is 10.8. The number of pyridine rings is 1. The van der Waals surface area contributed by atoms with E-state index in [-0.39, 0.29) is 37.8 Å². The molecule has 4 nitrogen and oxygen atoms in total. The first-order chi connectivity index (χ1) is 28.8. The van der Waals surface area contributed by atoms with Crippen molar-refractivity contribution in [3.63, 3.8) is 0 Å². The number of halogens is 1. The summed E-state index contributed by atoms with van der Waals surface area (Å²) >= 11 is 0. The summed E-state index contributed by atoms with van der Waals surface area (Å²) in [5, 5.41) is 2.15. The Morgan fingerprint density at radius 2 is 1.27 bits per heavy atom. The first kappa shape index (κ1) is 40.3. The molecule has 3 heterocycles. The topological polar surface area (TPSA) is 43.9 Å². The van der Waals surface area contributed by atoms with Gasteiger partial charge in [0.25, 0.3) is 0 Å². The molecular formula is C54H42FIrN3O-2. The number of fused-ring (bicyclic) bond motifs is 4. The number of rotatable bonds is 7. The average Bonchev–Trinajstić information content (AvgIpc) is 3.85. The Bertz CT molecular complexity index is 3030. The molecule has 10 aromatic rings. The van der Waals surface area contributed by atoms with Crippen molar-refractivity contribution >= 4 is 33.0 Å². The van der Waals surface area contributed by atoms with Crippen LogP contribution >= 0.6 is 0 Å². The average molecular weight is 960 g/mol. The minimum atomic E-state index is -0.276. The van der Waals surface area contributed by atoms with E-state index in [4.69, 9.17) is 9.40 Å². The first-order valence-corrected chi connectivity index (χ1v) is 20.1. The van der Waals surface area contributed by atoms with Crippen LogP contribution in [0.25, 0.3) is 83.6 Å². The molecule has 0 spiro atoms. The molecule has 0 saturated heterocycles. The molecule has 0 N–H and O–H groups in total. The summed E-state index contributed by atoms with van der Waals surface area (Å²) < 4.78 is 21.9. The maximum atomic E-state index is 12.8. The van der Waals surface area contributed by atoms with Crippen LogP contribution < -0.4 is 0 Å². The standard InChI is InChI=1S/C43H35N2O.C11H7FN.Ir/c1-27(2)36-24-32(30-16-9-6-10-17-30)25-37(28(3)4)41(36)45-39-21-12-11-20-38(39)44-43(45)35-19-13-18-34-33-23-22-31(26-40(33)46-42(34)35)29-14-7-5-8-15-29;12-10-6-7-13-11(8-10)9-4-2-1-3-5-9;/h5-18,20-28H,1-4H3;1-4,6-8H;/q2*-1;. The van der Waals surface area contributed by atoms with E-state index < -0.39 is 0 Å². The number of hydrogen-bond acceptors (Lipinski definition) is 3. The molecule has 3 aromatic heterocycles. The number of hydrogen-bond donors (Lipinski definition) is 0. The number of para-hydroxylation sites is 2. The van der Waals surface area contributed by atoms with E-state index in [0.717, 1.165) is 55.5 Å². The van der Waals surface area contributed by atoms with Crippen molar-refractivity contribution in [1.82, 2.24) is 14.5 Å². The summed E-state index contributed by atoms with van der Waals surface area (Å²) in [5.41, 5.74) is 14.5. The van der Waals surface area contributed by atoms with Crippen LogP contribution in [0.4, 0.5) is 4.39 Å². The summed E-state index contributed by atoms with van der Waals surface area (Å²) in [6.45, 7) is 9.14. The summed E-state index contributed by atoms with van der Waals surface area (Å²) in [6, 6.07) is 61.6. The van der Waals surface area contributed by atoms with Gasteiger partial charge >= 0.3 is 0 Å². The molecule has 0 fully saturated rings. The largest absolute Gasteiger partial charge is 0.501 e. The fraction of sp³-hybridized carbons (Fsp3) is 0.111. The molecule has 6 heteroatoms. The predicted molar refractivity (Wildman–Crippen MR) is 240 cm³/mol. The van der Waals surface area contributed by atoms with Gasteiger partial charge in [-0.25, -0.2) is 4.39 Å². The minimum Gasteiger partial charge on any atom is -0.501 e. The van der Waals surface area contributed by atoms with Crippen molar-refractivity contribution in [1.29, 1.82) is 0 Å². The van der Waals surface area contributed by atoms with E-state index in [1.54, 1.807) is 6.07 Å². The number of benzene rings is 7. The van der Waals surface area contributed by atoms with Gasteiger partial charge in [0.1, 0.15) is 11.4 Å². The van der Waals surface area contributed by atoms with Gasteiger partial charge < -0.3 is 14.0 Å². The van der Waals surface area contributed by atoms with Gasteiger partial charge in [-0.3, -0.25) is 4.98 Å². The van der Waals surface area contributed by atoms with Crippen molar-refractivity contribution in [3.05, 3.63) is 199 Å². The molecule has 60 heavy (non-hydrogen) atoms. The van der Waals surface area contributed by atoms with E-state index >= 15 is 0 Å². The zero-order valence-electron chi connectivity index (χ0n) is 33.8. The van der Waals surface area contributed by atoms with Gasteiger partial charge in [0, 0.05) is 37.4 Å². The second-order valence-electron chi connectivity index (χ2n) is 15.3. The van der Waals surface area contributed by atoms with Crippen LogP contribution in [0.1, 0.15) is 50.7 Å².